The maximum absolute atomic E-state index is 12.1. The second-order valence-corrected chi connectivity index (χ2v) is 8.73. The summed E-state index contributed by atoms with van der Waals surface area (Å²) in [6, 6.07) is 2.51. The molecule has 3 heterocycles. The third-order valence-electron chi connectivity index (χ3n) is 6.47. The van der Waals surface area contributed by atoms with Crippen molar-refractivity contribution in [2.75, 3.05) is 6.61 Å². The van der Waals surface area contributed by atoms with Crippen LogP contribution in [0.5, 0.6) is 0 Å². The zero-order valence-electron chi connectivity index (χ0n) is 15.8. The summed E-state index contributed by atoms with van der Waals surface area (Å²) in [5, 5.41) is 1.13. The first kappa shape index (κ1) is 16.8. The first-order valence-corrected chi connectivity index (χ1v) is 10.1. The topological polar surface area (TPSA) is 72.8 Å². The van der Waals surface area contributed by atoms with Gasteiger partial charge in [0.1, 0.15) is 11.2 Å². The van der Waals surface area contributed by atoms with E-state index in [1.807, 2.05) is 18.7 Å². The second kappa shape index (κ2) is 6.36. The number of nitrogens with zero attached hydrogens (tertiary/aromatic N) is 3. The van der Waals surface area contributed by atoms with Gasteiger partial charge in [0.15, 0.2) is 0 Å². The van der Waals surface area contributed by atoms with E-state index in [4.69, 9.17) is 4.74 Å². The second-order valence-electron chi connectivity index (χ2n) is 8.73. The highest BCUT2D eigenvalue weighted by molar-refractivity contribution is 6.00. The van der Waals surface area contributed by atoms with Crippen molar-refractivity contribution in [3.63, 3.8) is 0 Å². The Morgan fingerprint density at radius 2 is 2.11 bits per heavy atom. The van der Waals surface area contributed by atoms with E-state index in [0.29, 0.717) is 25.0 Å². The van der Waals surface area contributed by atoms with E-state index in [1.54, 1.807) is 0 Å². The van der Waals surface area contributed by atoms with Gasteiger partial charge in [0, 0.05) is 29.5 Å². The average molecular weight is 366 g/mol. The highest BCUT2D eigenvalue weighted by Gasteiger charge is 2.38. The molecule has 6 nitrogen and oxygen atoms in total. The monoisotopic (exact) mass is 366 g/mol. The molecule has 2 saturated carbocycles. The fraction of sp³-hybridized carbons (Fsp3) is 0.571. The van der Waals surface area contributed by atoms with Crippen LogP contribution >= 0.6 is 0 Å². The van der Waals surface area contributed by atoms with Crippen LogP contribution in [0.4, 0.5) is 0 Å². The van der Waals surface area contributed by atoms with Gasteiger partial charge in [-0.05, 0) is 50.5 Å². The number of fused-ring (bicyclic) bond motifs is 3. The van der Waals surface area contributed by atoms with Gasteiger partial charge in [0.2, 0.25) is 0 Å². The summed E-state index contributed by atoms with van der Waals surface area (Å²) in [4.78, 5) is 24.3. The van der Waals surface area contributed by atoms with Crippen molar-refractivity contribution in [3.05, 3.63) is 24.8 Å². The Morgan fingerprint density at radius 3 is 2.89 bits per heavy atom. The number of esters is 1. The number of carbonyl (C=O) groups excluding carboxylic acids is 1. The number of nitrogens with one attached hydrogen (secondary N) is 1. The lowest BCUT2D eigenvalue weighted by atomic mass is 9.84. The fourth-order valence-electron chi connectivity index (χ4n) is 4.34. The maximum Gasteiger partial charge on any atom is 0.306 e. The Labute approximate surface area is 158 Å². The Bertz CT molecular complexity index is 977. The van der Waals surface area contributed by atoms with E-state index in [2.05, 4.69) is 32.5 Å². The summed E-state index contributed by atoms with van der Waals surface area (Å²) in [5.41, 5.74) is 3.29. The van der Waals surface area contributed by atoms with Crippen molar-refractivity contribution in [3.8, 4) is 0 Å². The van der Waals surface area contributed by atoms with Crippen LogP contribution in [-0.2, 0) is 9.53 Å². The molecule has 3 aromatic heterocycles. The largest absolute Gasteiger partial charge is 0.465 e. The Hall–Kier alpha value is -2.37. The number of rotatable bonds is 5. The van der Waals surface area contributed by atoms with Crippen LogP contribution < -0.4 is 0 Å². The predicted molar refractivity (Wildman–Crippen MR) is 103 cm³/mol. The molecule has 3 aromatic rings. The molecule has 27 heavy (non-hydrogen) atoms. The van der Waals surface area contributed by atoms with E-state index in [0.717, 1.165) is 42.2 Å². The van der Waals surface area contributed by atoms with Crippen LogP contribution in [0.3, 0.4) is 0 Å². The van der Waals surface area contributed by atoms with E-state index in [-0.39, 0.29) is 11.4 Å². The fourth-order valence-corrected chi connectivity index (χ4v) is 4.34. The summed E-state index contributed by atoms with van der Waals surface area (Å²) >= 11 is 0. The molecule has 2 aliphatic carbocycles. The third kappa shape index (κ3) is 3.22. The number of pyridine rings is 1. The zero-order valence-corrected chi connectivity index (χ0v) is 15.8. The van der Waals surface area contributed by atoms with E-state index >= 15 is 0 Å². The lowest BCUT2D eigenvalue weighted by Gasteiger charge is -2.29. The molecule has 2 aliphatic rings. The minimum atomic E-state index is -0.0141. The molecule has 2 fully saturated rings. The van der Waals surface area contributed by atoms with E-state index in [1.165, 1.54) is 18.4 Å². The predicted octanol–water partition coefficient (Wildman–Crippen LogP) is 4.38. The molecule has 0 unspecified atom stereocenters. The summed E-state index contributed by atoms with van der Waals surface area (Å²) < 4.78 is 7.82. The van der Waals surface area contributed by atoms with Gasteiger partial charge in [-0.25, -0.2) is 9.97 Å². The van der Waals surface area contributed by atoms with Crippen molar-refractivity contribution >= 4 is 28.0 Å². The van der Waals surface area contributed by atoms with Crippen LogP contribution in [0.15, 0.2) is 24.8 Å². The molecule has 0 spiro atoms. The van der Waals surface area contributed by atoms with Gasteiger partial charge in [-0.1, -0.05) is 6.92 Å². The van der Waals surface area contributed by atoms with Gasteiger partial charge in [0.25, 0.3) is 0 Å². The minimum absolute atomic E-state index is 0.0141. The first-order chi connectivity index (χ1) is 13.1. The highest BCUT2D eigenvalue weighted by atomic mass is 16.5. The number of ether oxygens (including phenoxy) is 1. The van der Waals surface area contributed by atoms with Crippen LogP contribution in [0.2, 0.25) is 0 Å². The molecule has 142 valence electrons. The number of aromatic nitrogens is 4. The van der Waals surface area contributed by atoms with E-state index in [9.17, 15) is 4.79 Å². The molecule has 6 heteroatoms. The Balaban J connectivity index is 1.23. The quantitative estimate of drug-likeness (QED) is 0.680. The summed E-state index contributed by atoms with van der Waals surface area (Å²) in [6.07, 6.45) is 13.0. The van der Waals surface area contributed by atoms with Crippen molar-refractivity contribution in [2.24, 2.45) is 11.3 Å². The van der Waals surface area contributed by atoms with Gasteiger partial charge in [-0.3, -0.25) is 4.79 Å². The molecular formula is C21H26N4O2. The number of imidazole rings is 1. The molecule has 5 rings (SSSR count). The third-order valence-corrected chi connectivity index (χ3v) is 6.47. The molecule has 0 amide bonds. The van der Waals surface area contributed by atoms with Crippen LogP contribution in [0.25, 0.3) is 22.1 Å². The number of hydrogen-bond donors (Lipinski definition) is 1. The highest BCUT2D eigenvalue weighted by Crippen LogP contribution is 2.45. The summed E-state index contributed by atoms with van der Waals surface area (Å²) in [6.45, 7) is 2.79. The van der Waals surface area contributed by atoms with Gasteiger partial charge < -0.3 is 14.3 Å². The standard InChI is InChI=1S/C21H26N4O2/c1-21(7-8-21)12-27-18(26)10-14-2-4-15(5-3-14)25-13-24-17-11-23-20-16(19(17)25)6-9-22-20/h6,9,11,13-15H,2-5,7-8,10,12H2,1H3,(H,22,23). The number of hydrogen-bond acceptors (Lipinski definition) is 4. The normalized spacial score (nSPS) is 24.3. The van der Waals surface area contributed by atoms with Gasteiger partial charge in [0.05, 0.1) is 24.6 Å². The molecule has 0 atom stereocenters. The molecule has 0 radical (unpaired) electrons. The van der Waals surface area contributed by atoms with Gasteiger partial charge in [-0.15, -0.1) is 0 Å². The van der Waals surface area contributed by atoms with E-state index < -0.39 is 0 Å². The van der Waals surface area contributed by atoms with Crippen LogP contribution in [0, 0.1) is 11.3 Å². The van der Waals surface area contributed by atoms with Crippen molar-refractivity contribution in [1.82, 2.24) is 19.5 Å². The van der Waals surface area contributed by atoms with Crippen molar-refractivity contribution < 1.29 is 9.53 Å². The summed E-state index contributed by atoms with van der Waals surface area (Å²) in [7, 11) is 0. The lowest BCUT2D eigenvalue weighted by Crippen LogP contribution is -2.21. The zero-order chi connectivity index (χ0) is 18.4. The average Bonchev–Trinajstić information content (AvgIpc) is 3.08. The lowest BCUT2D eigenvalue weighted by molar-refractivity contribution is -0.146. The first-order valence-electron chi connectivity index (χ1n) is 10.1. The SMILES string of the molecule is CC1(COC(=O)CC2CCC(n3cnc4cnc5[nH]ccc5c43)CC2)CC1. The summed E-state index contributed by atoms with van der Waals surface area (Å²) in [5.74, 6) is 0.434. The number of H-pyrrole nitrogens is 1. The number of aromatic amines is 1. The molecule has 0 saturated heterocycles. The molecule has 0 bridgehead atoms. The smallest absolute Gasteiger partial charge is 0.306 e. The van der Waals surface area contributed by atoms with Gasteiger partial charge >= 0.3 is 5.97 Å². The maximum atomic E-state index is 12.1. The molecular weight excluding hydrogens is 340 g/mol. The van der Waals surface area contributed by atoms with Gasteiger partial charge in [-0.2, -0.15) is 0 Å². The van der Waals surface area contributed by atoms with Crippen LogP contribution in [0.1, 0.15) is 57.9 Å². The van der Waals surface area contributed by atoms with Crippen LogP contribution in [-0.4, -0.2) is 32.1 Å². The molecule has 1 N–H and O–H groups in total. The minimum Gasteiger partial charge on any atom is -0.465 e. The molecule has 0 aromatic carbocycles. The van der Waals surface area contributed by atoms with Crippen molar-refractivity contribution in [2.45, 2.75) is 57.9 Å². The Morgan fingerprint density at radius 1 is 1.30 bits per heavy atom. The Kier molecular flexibility index (Phi) is 3.95. The molecule has 0 aliphatic heterocycles. The number of carbonyl (C=O) groups is 1. The van der Waals surface area contributed by atoms with Crippen molar-refractivity contribution in [1.29, 1.82) is 0 Å².